The predicted octanol–water partition coefficient (Wildman–Crippen LogP) is 1.42. The molecule has 0 aromatic rings. The van der Waals surface area contributed by atoms with Crippen LogP contribution in [0, 0.1) is 11.8 Å². The van der Waals surface area contributed by atoms with E-state index in [1.165, 1.54) is 19.3 Å². The van der Waals surface area contributed by atoms with Crippen LogP contribution in [0.25, 0.3) is 0 Å². The molecule has 0 saturated heterocycles. The quantitative estimate of drug-likeness (QED) is 0.737. The van der Waals surface area contributed by atoms with Crippen LogP contribution in [0.4, 0.5) is 0 Å². The number of nitrogens with two attached hydrogens (primary N) is 1. The molecule has 0 bridgehead atoms. The number of nitrogens with one attached hydrogen (secondary N) is 1. The summed E-state index contributed by atoms with van der Waals surface area (Å²) in [5, 5.41) is 3.04. The lowest BCUT2D eigenvalue weighted by molar-refractivity contribution is -0.125. The Hall–Kier alpha value is -0.570. The van der Waals surface area contributed by atoms with Crippen LogP contribution >= 0.6 is 0 Å². The summed E-state index contributed by atoms with van der Waals surface area (Å²) in [6, 6.07) is 0.105. The second-order valence-electron chi connectivity index (χ2n) is 5.08. The van der Waals surface area contributed by atoms with E-state index in [9.17, 15) is 4.79 Å². The molecule has 1 amide bonds. The molecule has 2 saturated carbocycles. The van der Waals surface area contributed by atoms with E-state index in [1.54, 1.807) is 0 Å². The second kappa shape index (κ2) is 4.97. The molecule has 0 aromatic carbocycles. The molecule has 0 aliphatic heterocycles. The summed E-state index contributed by atoms with van der Waals surface area (Å²) < 4.78 is 0. The first kappa shape index (κ1) is 10.9. The van der Waals surface area contributed by atoms with E-state index in [4.69, 9.17) is 5.73 Å². The molecule has 86 valence electrons. The van der Waals surface area contributed by atoms with E-state index < -0.39 is 0 Å². The maximum Gasteiger partial charge on any atom is 0.224 e. The first-order valence-corrected chi connectivity index (χ1v) is 6.30. The summed E-state index contributed by atoms with van der Waals surface area (Å²) in [7, 11) is 0. The normalized spacial score (nSPS) is 31.3. The predicted molar refractivity (Wildman–Crippen MR) is 60.3 cm³/mol. The van der Waals surface area contributed by atoms with Crippen LogP contribution in [0.5, 0.6) is 0 Å². The van der Waals surface area contributed by atoms with E-state index in [0.29, 0.717) is 0 Å². The lowest BCUT2D eigenvalue weighted by atomic mass is 9.83. The van der Waals surface area contributed by atoms with Crippen LogP contribution in [-0.4, -0.2) is 18.5 Å². The van der Waals surface area contributed by atoms with E-state index in [2.05, 4.69) is 5.32 Å². The lowest BCUT2D eigenvalue weighted by Gasteiger charge is -2.25. The minimum atomic E-state index is 0.0893. The highest BCUT2D eigenvalue weighted by atomic mass is 16.1. The van der Waals surface area contributed by atoms with Crippen LogP contribution in [0.2, 0.25) is 0 Å². The first-order valence-electron chi connectivity index (χ1n) is 6.30. The molecule has 0 heterocycles. The monoisotopic (exact) mass is 210 g/mol. The van der Waals surface area contributed by atoms with Crippen molar-refractivity contribution in [3.63, 3.8) is 0 Å². The summed E-state index contributed by atoms with van der Waals surface area (Å²) in [4.78, 5) is 11.8. The third-order valence-electron chi connectivity index (χ3n) is 3.98. The van der Waals surface area contributed by atoms with Crippen LogP contribution in [0.15, 0.2) is 0 Å². The van der Waals surface area contributed by atoms with E-state index in [1.807, 2.05) is 0 Å². The fourth-order valence-corrected chi connectivity index (χ4v) is 2.63. The number of rotatable bonds is 4. The first-order chi connectivity index (χ1) is 7.27. The summed E-state index contributed by atoms with van der Waals surface area (Å²) in [5.74, 6) is 1.16. The highest BCUT2D eigenvalue weighted by Crippen LogP contribution is 2.29. The van der Waals surface area contributed by atoms with E-state index in [0.717, 1.165) is 38.1 Å². The Bertz CT molecular complexity index is 226. The van der Waals surface area contributed by atoms with Gasteiger partial charge in [0.05, 0.1) is 5.92 Å². The van der Waals surface area contributed by atoms with Crippen molar-refractivity contribution in [2.24, 2.45) is 17.6 Å². The Kier molecular flexibility index (Phi) is 3.62. The Balaban J connectivity index is 1.63. The smallest absolute Gasteiger partial charge is 0.224 e. The van der Waals surface area contributed by atoms with Gasteiger partial charge >= 0.3 is 0 Å². The average molecular weight is 210 g/mol. The van der Waals surface area contributed by atoms with Gasteiger partial charge in [-0.2, -0.15) is 0 Å². The number of amides is 1. The minimum Gasteiger partial charge on any atom is -0.356 e. The molecule has 0 aromatic heterocycles. The summed E-state index contributed by atoms with van der Waals surface area (Å²) in [6.45, 7) is 0.854. The van der Waals surface area contributed by atoms with Crippen LogP contribution < -0.4 is 11.1 Å². The molecule has 0 radical (unpaired) electrons. The maximum atomic E-state index is 11.8. The SMILES string of the molecule is NC1CCCC1C(=O)NCCC1CCC1. The molecule has 2 unspecified atom stereocenters. The minimum absolute atomic E-state index is 0.0893. The highest BCUT2D eigenvalue weighted by Gasteiger charge is 2.30. The number of hydrogen-bond donors (Lipinski definition) is 2. The molecule has 3 heteroatoms. The molecular weight excluding hydrogens is 188 g/mol. The van der Waals surface area contributed by atoms with Gasteiger partial charge in [-0.1, -0.05) is 25.7 Å². The van der Waals surface area contributed by atoms with Gasteiger partial charge in [-0.15, -0.1) is 0 Å². The van der Waals surface area contributed by atoms with Crippen LogP contribution in [0.3, 0.4) is 0 Å². The number of carbonyl (C=O) groups excluding carboxylic acids is 1. The molecular formula is C12H22N2O. The van der Waals surface area contributed by atoms with Crippen molar-refractivity contribution in [2.75, 3.05) is 6.54 Å². The van der Waals surface area contributed by atoms with Crippen molar-refractivity contribution < 1.29 is 4.79 Å². The Morgan fingerprint density at radius 1 is 1.20 bits per heavy atom. The second-order valence-corrected chi connectivity index (χ2v) is 5.08. The maximum absolute atomic E-state index is 11.8. The van der Waals surface area contributed by atoms with Crippen molar-refractivity contribution in [3.8, 4) is 0 Å². The molecule has 15 heavy (non-hydrogen) atoms. The fraction of sp³-hybridized carbons (Fsp3) is 0.917. The van der Waals surface area contributed by atoms with Crippen molar-refractivity contribution in [1.29, 1.82) is 0 Å². The summed E-state index contributed by atoms with van der Waals surface area (Å²) in [6.07, 6.45) is 8.37. The van der Waals surface area contributed by atoms with Gasteiger partial charge in [-0.25, -0.2) is 0 Å². The van der Waals surface area contributed by atoms with Crippen molar-refractivity contribution >= 4 is 5.91 Å². The van der Waals surface area contributed by atoms with E-state index in [-0.39, 0.29) is 17.9 Å². The van der Waals surface area contributed by atoms with Crippen molar-refractivity contribution in [2.45, 2.75) is 51.0 Å². The molecule has 3 nitrogen and oxygen atoms in total. The zero-order valence-corrected chi connectivity index (χ0v) is 9.37. The molecule has 0 spiro atoms. The van der Waals surface area contributed by atoms with Crippen molar-refractivity contribution in [3.05, 3.63) is 0 Å². The van der Waals surface area contributed by atoms with Crippen LogP contribution in [0.1, 0.15) is 44.9 Å². The van der Waals surface area contributed by atoms with Gasteiger partial charge < -0.3 is 11.1 Å². The Morgan fingerprint density at radius 2 is 1.93 bits per heavy atom. The Morgan fingerprint density at radius 3 is 2.47 bits per heavy atom. The van der Waals surface area contributed by atoms with Gasteiger partial charge in [0, 0.05) is 12.6 Å². The number of carbonyl (C=O) groups is 1. The Labute approximate surface area is 91.8 Å². The summed E-state index contributed by atoms with van der Waals surface area (Å²) in [5.41, 5.74) is 5.89. The molecule has 3 N–H and O–H groups in total. The third kappa shape index (κ3) is 2.71. The third-order valence-corrected chi connectivity index (χ3v) is 3.98. The van der Waals surface area contributed by atoms with Gasteiger partial charge in [-0.05, 0) is 25.2 Å². The summed E-state index contributed by atoms with van der Waals surface area (Å²) >= 11 is 0. The van der Waals surface area contributed by atoms with Gasteiger partial charge in [0.1, 0.15) is 0 Å². The topological polar surface area (TPSA) is 55.1 Å². The van der Waals surface area contributed by atoms with E-state index >= 15 is 0 Å². The standard InChI is InChI=1S/C12H22N2O/c13-11-6-2-5-10(11)12(15)14-8-7-9-3-1-4-9/h9-11H,1-8,13H2,(H,14,15). The highest BCUT2D eigenvalue weighted by molar-refractivity contribution is 5.79. The van der Waals surface area contributed by atoms with Crippen molar-refractivity contribution in [1.82, 2.24) is 5.32 Å². The molecule has 2 aliphatic carbocycles. The molecule has 2 atom stereocenters. The van der Waals surface area contributed by atoms with Gasteiger partial charge in [0.25, 0.3) is 0 Å². The zero-order valence-electron chi connectivity index (χ0n) is 9.37. The molecule has 2 fully saturated rings. The van der Waals surface area contributed by atoms with Gasteiger partial charge in [0.15, 0.2) is 0 Å². The lowest BCUT2D eigenvalue weighted by Crippen LogP contribution is -2.39. The molecule has 2 rings (SSSR count). The zero-order chi connectivity index (χ0) is 10.7. The largest absolute Gasteiger partial charge is 0.356 e. The number of hydrogen-bond acceptors (Lipinski definition) is 2. The fourth-order valence-electron chi connectivity index (χ4n) is 2.63. The van der Waals surface area contributed by atoms with Crippen LogP contribution in [-0.2, 0) is 4.79 Å². The average Bonchev–Trinajstić information content (AvgIpc) is 2.55. The molecule has 2 aliphatic rings. The van der Waals surface area contributed by atoms with Gasteiger partial charge in [-0.3, -0.25) is 4.79 Å². The van der Waals surface area contributed by atoms with Gasteiger partial charge in [0.2, 0.25) is 5.91 Å².